The van der Waals surface area contributed by atoms with Gasteiger partial charge in [-0.1, -0.05) is 0 Å². The van der Waals surface area contributed by atoms with Crippen LogP contribution in [0.1, 0.15) is 0 Å². The fourth-order valence-electron chi connectivity index (χ4n) is 0.107. The van der Waals surface area contributed by atoms with Gasteiger partial charge in [0.2, 0.25) is 0 Å². The molecule has 0 aromatic carbocycles. The van der Waals surface area contributed by atoms with E-state index in [-0.39, 0.29) is 0 Å². The molecule has 0 bridgehead atoms. The molecule has 6 heteroatoms. The fraction of sp³-hybridized carbons (Fsp3) is 0. The molecular formula is N4P2. The van der Waals surface area contributed by atoms with Crippen LogP contribution in [-0.2, 0) is 0 Å². The predicted octanol–water partition coefficient (Wildman–Crippen LogP) is 0.427. The summed E-state index contributed by atoms with van der Waals surface area (Å²) < 4.78 is 0. The number of rotatable bonds is 0. The average Bonchev–Trinajstić information content (AvgIpc) is 1.72. The standard InChI is InChI=1S/N4P2/c1-2-4-6-5-3-1. The molecule has 4 nitrogen and oxygen atoms in total. The van der Waals surface area contributed by atoms with Crippen LogP contribution in [0, 0.1) is 0 Å². The molecule has 1 heterocycles. The van der Waals surface area contributed by atoms with Crippen molar-refractivity contribution in [1.29, 1.82) is 0 Å². The van der Waals surface area contributed by atoms with E-state index in [1.165, 1.54) is 0 Å². The molecule has 0 aliphatic carbocycles. The third-order valence-corrected chi connectivity index (χ3v) is 1.36. The summed E-state index contributed by atoms with van der Waals surface area (Å²) >= 11 is 0. The Labute approximate surface area is 37.2 Å². The Hall–Kier alpha value is -0.200. The Kier molecular flexibility index (Phi) is 1.36. The lowest BCUT2D eigenvalue weighted by molar-refractivity contribution is 0.845. The Morgan fingerprint density at radius 2 is 1.33 bits per heavy atom. The summed E-state index contributed by atoms with van der Waals surface area (Å²) in [6.07, 6.45) is 0. The van der Waals surface area contributed by atoms with Gasteiger partial charge in [0, 0.05) is 0 Å². The summed E-state index contributed by atoms with van der Waals surface area (Å²) in [5.41, 5.74) is 0. The first-order valence-corrected chi connectivity index (χ1v) is 3.60. The lowest BCUT2D eigenvalue weighted by Crippen LogP contribution is -1.76. The van der Waals surface area contributed by atoms with Crippen LogP contribution in [0.25, 0.3) is 0 Å². The number of hydrogen-bond donors (Lipinski definition) is 0. The zero-order chi connectivity index (χ0) is 4.24. The highest BCUT2D eigenvalue weighted by atomic mass is 31.8. The predicted molar refractivity (Wildman–Crippen MR) is 22.6 cm³/mol. The van der Waals surface area contributed by atoms with E-state index in [0.29, 0.717) is 0 Å². The Morgan fingerprint density at radius 1 is 0.833 bits per heavy atom. The highest BCUT2D eigenvalue weighted by Crippen LogP contribution is 2.03. The van der Waals surface area contributed by atoms with Gasteiger partial charge in [-0.25, -0.2) is 0 Å². The fourth-order valence-corrected chi connectivity index (χ4v) is 0.751. The van der Waals surface area contributed by atoms with Gasteiger partial charge in [0.25, 0.3) is 0 Å². The van der Waals surface area contributed by atoms with Crippen molar-refractivity contribution in [3.63, 3.8) is 0 Å². The van der Waals surface area contributed by atoms with Gasteiger partial charge < -0.3 is 0 Å². The van der Waals surface area contributed by atoms with Crippen LogP contribution in [0.15, 0.2) is 0 Å². The van der Waals surface area contributed by atoms with E-state index in [1.807, 2.05) is 0 Å². The number of aromatic nitrogens is 4. The monoisotopic (exact) mass is 118 g/mol. The van der Waals surface area contributed by atoms with Crippen molar-refractivity contribution in [3.05, 3.63) is 0 Å². The van der Waals surface area contributed by atoms with Crippen molar-refractivity contribution in [1.82, 2.24) is 20.1 Å². The van der Waals surface area contributed by atoms with Gasteiger partial charge >= 0.3 is 0 Å². The van der Waals surface area contributed by atoms with Gasteiger partial charge in [0.1, 0.15) is 16.1 Å². The third-order valence-electron chi connectivity index (χ3n) is 0.240. The Bertz CT molecular complexity index is 77.5. The maximum Gasteiger partial charge on any atom is 0.120 e. The minimum atomic E-state index is 0.868. The minimum Gasteiger partial charge on any atom is -0.102 e. The molecule has 0 saturated heterocycles. The molecule has 1 aromatic heterocycles. The SMILES string of the molecule is n1nnppn1. The lowest BCUT2D eigenvalue weighted by Gasteiger charge is -1.64. The van der Waals surface area contributed by atoms with Crippen LogP contribution >= 0.6 is 16.1 Å². The molecule has 0 amide bonds. The molecule has 30 valence electrons. The largest absolute Gasteiger partial charge is 0.120 e. The second-order valence-corrected chi connectivity index (χ2v) is 2.33. The van der Waals surface area contributed by atoms with E-state index in [4.69, 9.17) is 0 Å². The highest BCUT2D eigenvalue weighted by molar-refractivity contribution is 7.86. The molecule has 0 aliphatic rings. The molecule has 0 aliphatic heterocycles. The third kappa shape index (κ3) is 0.886. The van der Waals surface area contributed by atoms with Crippen LogP contribution in [0.2, 0.25) is 0 Å². The molecule has 0 spiro atoms. The van der Waals surface area contributed by atoms with E-state index in [1.54, 1.807) is 0 Å². The summed E-state index contributed by atoms with van der Waals surface area (Å²) in [4.78, 5) is 7.00. The van der Waals surface area contributed by atoms with Crippen molar-refractivity contribution in [2.24, 2.45) is 0 Å². The topological polar surface area (TPSA) is 51.6 Å². The van der Waals surface area contributed by atoms with Crippen LogP contribution in [0.3, 0.4) is 0 Å². The Morgan fingerprint density at radius 3 is 1.50 bits per heavy atom. The maximum atomic E-state index is 3.50. The summed E-state index contributed by atoms with van der Waals surface area (Å²) in [6.45, 7) is 0. The van der Waals surface area contributed by atoms with Gasteiger partial charge in [-0.2, -0.15) is 0 Å². The zero-order valence-electron chi connectivity index (χ0n) is 2.68. The first-order chi connectivity index (χ1) is 3.00. The van der Waals surface area contributed by atoms with Gasteiger partial charge in [0.05, 0.1) is 0 Å². The maximum absolute atomic E-state index is 3.50. The van der Waals surface area contributed by atoms with Crippen molar-refractivity contribution in [3.8, 4) is 0 Å². The van der Waals surface area contributed by atoms with E-state index in [2.05, 4.69) is 20.1 Å². The second kappa shape index (κ2) is 2.06. The molecule has 1 aromatic rings. The first-order valence-electron chi connectivity index (χ1n) is 1.20. The van der Waals surface area contributed by atoms with Crippen molar-refractivity contribution >= 4 is 16.1 Å². The zero-order valence-corrected chi connectivity index (χ0v) is 4.47. The molecule has 6 heavy (non-hydrogen) atoms. The van der Waals surface area contributed by atoms with Crippen LogP contribution in [0.4, 0.5) is 0 Å². The number of hydrogen-bond acceptors (Lipinski definition) is 4. The minimum absolute atomic E-state index is 0.868. The van der Waals surface area contributed by atoms with E-state index >= 15 is 0 Å². The molecule has 0 saturated carbocycles. The van der Waals surface area contributed by atoms with Gasteiger partial charge in [-0.15, -0.1) is 9.72 Å². The van der Waals surface area contributed by atoms with E-state index < -0.39 is 0 Å². The summed E-state index contributed by atoms with van der Waals surface area (Å²) in [5, 5.41) is 6.48. The van der Waals surface area contributed by atoms with Crippen molar-refractivity contribution < 1.29 is 0 Å². The quantitative estimate of drug-likeness (QED) is 0.495. The highest BCUT2D eigenvalue weighted by Gasteiger charge is 1.64. The molecule has 0 N–H and O–H groups in total. The van der Waals surface area contributed by atoms with Gasteiger partial charge in [-0.05, 0) is 10.4 Å². The van der Waals surface area contributed by atoms with Crippen LogP contribution in [-0.4, -0.2) is 20.1 Å². The van der Waals surface area contributed by atoms with E-state index in [0.717, 1.165) is 16.1 Å². The molecule has 0 radical (unpaired) electrons. The van der Waals surface area contributed by atoms with Crippen LogP contribution in [0.5, 0.6) is 0 Å². The summed E-state index contributed by atoms with van der Waals surface area (Å²) in [7, 11) is 1.74. The smallest absolute Gasteiger partial charge is 0.102 e. The molecule has 1 rings (SSSR count). The first kappa shape index (κ1) is 3.97. The lowest BCUT2D eigenvalue weighted by atomic mass is 12.7. The molecule has 0 unspecified atom stereocenters. The summed E-state index contributed by atoms with van der Waals surface area (Å²) in [5.74, 6) is 0. The molecular weight excluding hydrogens is 118 g/mol. The number of nitrogens with zero attached hydrogens (tertiary/aromatic N) is 4. The van der Waals surface area contributed by atoms with Gasteiger partial charge in [-0.3, -0.25) is 0 Å². The second-order valence-electron chi connectivity index (χ2n) is 0.537. The Balaban J connectivity index is 3.00. The summed E-state index contributed by atoms with van der Waals surface area (Å²) in [6, 6.07) is 0. The van der Waals surface area contributed by atoms with Crippen molar-refractivity contribution in [2.75, 3.05) is 0 Å². The van der Waals surface area contributed by atoms with Gasteiger partial charge in [0.15, 0.2) is 0 Å². The van der Waals surface area contributed by atoms with Crippen molar-refractivity contribution in [2.45, 2.75) is 0 Å². The van der Waals surface area contributed by atoms with E-state index in [9.17, 15) is 0 Å². The molecule has 0 fully saturated rings. The van der Waals surface area contributed by atoms with Crippen LogP contribution < -0.4 is 0 Å². The average molecular weight is 118 g/mol. The molecule has 0 atom stereocenters. The normalized spacial score (nSPS) is 10.7.